The zero-order chi connectivity index (χ0) is 11.8. The molecular formula is C12H17NO2S. The molecule has 1 atom stereocenters. The molecule has 16 heavy (non-hydrogen) atoms. The van der Waals surface area contributed by atoms with E-state index in [2.05, 4.69) is 31.3 Å². The summed E-state index contributed by atoms with van der Waals surface area (Å²) < 4.78 is 22.1. The molecule has 1 aliphatic rings. The highest BCUT2D eigenvalue weighted by molar-refractivity contribution is 7.92. The molecule has 1 aliphatic heterocycles. The van der Waals surface area contributed by atoms with Gasteiger partial charge in [0, 0.05) is 12.1 Å². The second kappa shape index (κ2) is 4.18. The summed E-state index contributed by atoms with van der Waals surface area (Å²) in [7, 11) is -2.73. The number of benzene rings is 1. The molecule has 0 radical (unpaired) electrons. The Morgan fingerprint density at radius 3 is 2.50 bits per heavy atom. The van der Waals surface area contributed by atoms with E-state index in [0.717, 1.165) is 0 Å². The molecular weight excluding hydrogens is 222 g/mol. The Bertz CT molecular complexity index is 470. The van der Waals surface area contributed by atoms with Crippen molar-refractivity contribution in [2.24, 2.45) is 0 Å². The van der Waals surface area contributed by atoms with Gasteiger partial charge in [-0.25, -0.2) is 8.42 Å². The predicted octanol–water partition coefficient (Wildman–Crippen LogP) is 1.44. The Morgan fingerprint density at radius 2 is 1.94 bits per heavy atom. The Kier molecular flexibility index (Phi) is 3.04. The third kappa shape index (κ3) is 2.44. The average molecular weight is 239 g/mol. The lowest BCUT2D eigenvalue weighted by atomic mass is 10.0. The molecule has 1 unspecified atom stereocenters. The normalized spacial score (nSPS) is 21.4. The van der Waals surface area contributed by atoms with Crippen molar-refractivity contribution in [3.63, 3.8) is 0 Å². The molecule has 1 N–H and O–H groups in total. The third-order valence-electron chi connectivity index (χ3n) is 3.05. The molecule has 4 heteroatoms. The second-order valence-corrected chi connectivity index (χ2v) is 6.67. The van der Waals surface area contributed by atoms with Gasteiger partial charge in [0.05, 0.1) is 11.5 Å². The largest absolute Gasteiger partial charge is 0.305 e. The Balaban J connectivity index is 1.99. The van der Waals surface area contributed by atoms with E-state index in [9.17, 15) is 8.42 Å². The van der Waals surface area contributed by atoms with E-state index < -0.39 is 9.84 Å². The molecule has 0 aliphatic carbocycles. The van der Waals surface area contributed by atoms with Crippen LogP contribution >= 0.6 is 0 Å². The first-order chi connectivity index (χ1) is 7.48. The van der Waals surface area contributed by atoms with Gasteiger partial charge in [0.2, 0.25) is 0 Å². The lowest BCUT2D eigenvalue weighted by Gasteiger charge is -2.30. The summed E-state index contributed by atoms with van der Waals surface area (Å²) in [5, 5.41) is 3.35. The SMILES string of the molecule is Cc1ccccc1C(C)NC1CS(=O)(=O)C1. The fourth-order valence-electron chi connectivity index (χ4n) is 2.18. The van der Waals surface area contributed by atoms with Crippen LogP contribution in [0.2, 0.25) is 0 Å². The lowest BCUT2D eigenvalue weighted by Crippen LogP contribution is -2.51. The average Bonchev–Trinajstić information content (AvgIpc) is 2.15. The first-order valence-electron chi connectivity index (χ1n) is 5.50. The predicted molar refractivity (Wildman–Crippen MR) is 65.2 cm³/mol. The number of rotatable bonds is 3. The van der Waals surface area contributed by atoms with Crippen molar-refractivity contribution in [2.45, 2.75) is 25.9 Å². The molecule has 1 heterocycles. The fraction of sp³-hybridized carbons (Fsp3) is 0.500. The third-order valence-corrected chi connectivity index (χ3v) is 4.87. The van der Waals surface area contributed by atoms with E-state index in [-0.39, 0.29) is 23.6 Å². The van der Waals surface area contributed by atoms with Crippen LogP contribution in [-0.4, -0.2) is 26.0 Å². The highest BCUT2D eigenvalue weighted by Gasteiger charge is 2.33. The number of nitrogens with one attached hydrogen (secondary N) is 1. The van der Waals surface area contributed by atoms with Crippen molar-refractivity contribution in [1.29, 1.82) is 0 Å². The van der Waals surface area contributed by atoms with Crippen LogP contribution in [0.3, 0.4) is 0 Å². The zero-order valence-corrected chi connectivity index (χ0v) is 10.4. The Hall–Kier alpha value is -0.870. The van der Waals surface area contributed by atoms with Crippen LogP contribution in [0.1, 0.15) is 24.1 Å². The van der Waals surface area contributed by atoms with Crippen LogP contribution in [-0.2, 0) is 9.84 Å². The van der Waals surface area contributed by atoms with Crippen molar-refractivity contribution < 1.29 is 8.42 Å². The number of hydrogen-bond donors (Lipinski definition) is 1. The molecule has 0 aromatic heterocycles. The van der Waals surface area contributed by atoms with Crippen LogP contribution in [0.15, 0.2) is 24.3 Å². The molecule has 2 rings (SSSR count). The van der Waals surface area contributed by atoms with Crippen molar-refractivity contribution in [3.8, 4) is 0 Å². The zero-order valence-electron chi connectivity index (χ0n) is 9.60. The minimum Gasteiger partial charge on any atom is -0.305 e. The standard InChI is InChI=1S/C12H17NO2S/c1-9-5-3-4-6-12(9)10(2)13-11-7-16(14,15)8-11/h3-6,10-11,13H,7-8H2,1-2H3. The van der Waals surface area contributed by atoms with Gasteiger partial charge in [0.1, 0.15) is 0 Å². The summed E-state index contributed by atoms with van der Waals surface area (Å²) >= 11 is 0. The highest BCUT2D eigenvalue weighted by atomic mass is 32.2. The van der Waals surface area contributed by atoms with Crippen LogP contribution in [0, 0.1) is 6.92 Å². The highest BCUT2D eigenvalue weighted by Crippen LogP contribution is 2.20. The minimum absolute atomic E-state index is 0.125. The van der Waals surface area contributed by atoms with Gasteiger partial charge in [-0.1, -0.05) is 24.3 Å². The molecule has 0 bridgehead atoms. The minimum atomic E-state index is -2.73. The summed E-state index contributed by atoms with van der Waals surface area (Å²) in [6, 6.07) is 8.52. The summed E-state index contributed by atoms with van der Waals surface area (Å²) in [6.45, 7) is 4.15. The molecule has 3 nitrogen and oxygen atoms in total. The summed E-state index contributed by atoms with van der Waals surface area (Å²) in [4.78, 5) is 0. The lowest BCUT2D eigenvalue weighted by molar-refractivity contribution is 0.467. The molecule has 1 aromatic rings. The second-order valence-electron chi connectivity index (χ2n) is 4.52. The van der Waals surface area contributed by atoms with Crippen LogP contribution in [0.4, 0.5) is 0 Å². The summed E-state index contributed by atoms with van der Waals surface area (Å²) in [5.41, 5.74) is 2.48. The maximum Gasteiger partial charge on any atom is 0.153 e. The van der Waals surface area contributed by atoms with Gasteiger partial charge in [0.25, 0.3) is 0 Å². The summed E-state index contributed by atoms with van der Waals surface area (Å²) in [6.07, 6.45) is 0. The molecule has 0 amide bonds. The number of aryl methyl sites for hydroxylation is 1. The van der Waals surface area contributed by atoms with Gasteiger partial charge in [-0.15, -0.1) is 0 Å². The number of hydrogen-bond acceptors (Lipinski definition) is 3. The Labute approximate surface area is 96.8 Å². The van der Waals surface area contributed by atoms with E-state index >= 15 is 0 Å². The maximum atomic E-state index is 11.0. The molecule has 0 spiro atoms. The number of sulfone groups is 1. The van der Waals surface area contributed by atoms with E-state index in [0.29, 0.717) is 0 Å². The summed E-state index contributed by atoms with van der Waals surface area (Å²) in [5.74, 6) is 0.562. The topological polar surface area (TPSA) is 46.2 Å². The van der Waals surface area contributed by atoms with E-state index in [1.54, 1.807) is 0 Å². The fourth-order valence-corrected chi connectivity index (χ4v) is 3.50. The Morgan fingerprint density at radius 1 is 1.31 bits per heavy atom. The van der Waals surface area contributed by atoms with Crippen molar-refractivity contribution in [2.75, 3.05) is 11.5 Å². The van der Waals surface area contributed by atoms with Gasteiger partial charge >= 0.3 is 0 Å². The first kappa shape index (κ1) is 11.6. The van der Waals surface area contributed by atoms with Crippen LogP contribution in [0.25, 0.3) is 0 Å². The van der Waals surface area contributed by atoms with Crippen molar-refractivity contribution in [3.05, 3.63) is 35.4 Å². The van der Waals surface area contributed by atoms with E-state index in [4.69, 9.17) is 0 Å². The van der Waals surface area contributed by atoms with Gasteiger partial charge < -0.3 is 5.32 Å². The molecule has 1 saturated heterocycles. The van der Waals surface area contributed by atoms with Crippen LogP contribution < -0.4 is 5.32 Å². The van der Waals surface area contributed by atoms with Gasteiger partial charge in [-0.2, -0.15) is 0 Å². The van der Waals surface area contributed by atoms with Crippen LogP contribution in [0.5, 0.6) is 0 Å². The molecule has 1 fully saturated rings. The van der Waals surface area contributed by atoms with Crippen molar-refractivity contribution >= 4 is 9.84 Å². The molecule has 88 valence electrons. The maximum absolute atomic E-state index is 11.0. The quantitative estimate of drug-likeness (QED) is 0.868. The monoisotopic (exact) mass is 239 g/mol. The van der Waals surface area contributed by atoms with Gasteiger partial charge in [-0.3, -0.25) is 0 Å². The first-order valence-corrected chi connectivity index (χ1v) is 7.32. The van der Waals surface area contributed by atoms with Gasteiger partial charge in [0.15, 0.2) is 9.84 Å². The molecule has 0 saturated carbocycles. The van der Waals surface area contributed by atoms with E-state index in [1.807, 2.05) is 12.1 Å². The van der Waals surface area contributed by atoms with Crippen molar-refractivity contribution in [1.82, 2.24) is 5.32 Å². The molecule has 1 aromatic carbocycles. The van der Waals surface area contributed by atoms with Gasteiger partial charge in [-0.05, 0) is 25.0 Å². The van der Waals surface area contributed by atoms with E-state index in [1.165, 1.54) is 11.1 Å². The smallest absolute Gasteiger partial charge is 0.153 e.